The number of aromatic amines is 1. The van der Waals surface area contributed by atoms with Crippen LogP contribution in [-0.4, -0.2) is 16.1 Å². The van der Waals surface area contributed by atoms with Crippen LogP contribution in [0.1, 0.15) is 5.56 Å². The minimum Gasteiger partial charge on any atom is -0.399 e. The molecule has 0 aliphatic heterocycles. The van der Waals surface area contributed by atoms with Gasteiger partial charge in [0.05, 0.1) is 17.4 Å². The van der Waals surface area contributed by atoms with Gasteiger partial charge in [-0.3, -0.25) is 9.89 Å². The van der Waals surface area contributed by atoms with Crippen LogP contribution in [0.2, 0.25) is 0 Å². The minimum absolute atomic E-state index is 0.194. The van der Waals surface area contributed by atoms with Crippen molar-refractivity contribution in [1.29, 1.82) is 0 Å². The Labute approximate surface area is 121 Å². The topological polar surface area (TPSA) is 83.8 Å². The maximum Gasteiger partial charge on any atom is 0.248 e. The fraction of sp³-hybridized carbons (Fsp3) is 0. The van der Waals surface area contributed by atoms with Crippen LogP contribution in [0.15, 0.2) is 54.7 Å². The number of nitrogens with one attached hydrogen (secondary N) is 2. The van der Waals surface area contributed by atoms with Crippen LogP contribution in [0.4, 0.5) is 11.4 Å². The number of fused-ring (bicyclic) bond motifs is 1. The molecular weight excluding hydrogens is 264 g/mol. The highest BCUT2D eigenvalue weighted by Crippen LogP contribution is 2.20. The number of carbonyl (C=O) groups excluding carboxylic acids is 1. The molecule has 1 heterocycles. The maximum absolute atomic E-state index is 12.0. The molecule has 0 spiro atoms. The van der Waals surface area contributed by atoms with Gasteiger partial charge in [0, 0.05) is 17.1 Å². The summed E-state index contributed by atoms with van der Waals surface area (Å²) in [4.78, 5) is 12.0. The molecule has 0 bridgehead atoms. The first-order chi connectivity index (χ1) is 10.2. The Morgan fingerprint density at radius 1 is 1.19 bits per heavy atom. The number of H-pyrrole nitrogens is 1. The number of nitrogens with zero attached hydrogens (tertiary/aromatic N) is 1. The van der Waals surface area contributed by atoms with Gasteiger partial charge >= 0.3 is 0 Å². The summed E-state index contributed by atoms with van der Waals surface area (Å²) in [6, 6.07) is 12.9. The average molecular weight is 278 g/mol. The first kappa shape index (κ1) is 12.9. The summed E-state index contributed by atoms with van der Waals surface area (Å²) in [7, 11) is 0. The van der Waals surface area contributed by atoms with E-state index in [1.165, 1.54) is 6.08 Å². The average Bonchev–Trinajstić information content (AvgIpc) is 2.96. The van der Waals surface area contributed by atoms with Gasteiger partial charge in [-0.25, -0.2) is 0 Å². The number of nitrogens with two attached hydrogens (primary N) is 1. The Hall–Kier alpha value is -3.08. The van der Waals surface area contributed by atoms with Gasteiger partial charge in [0.2, 0.25) is 5.91 Å². The van der Waals surface area contributed by atoms with E-state index in [1.54, 1.807) is 24.4 Å². The normalized spacial score (nSPS) is 11.0. The van der Waals surface area contributed by atoms with Gasteiger partial charge < -0.3 is 11.1 Å². The van der Waals surface area contributed by atoms with Gasteiger partial charge in [0.25, 0.3) is 0 Å². The molecular formula is C16H14N4O. The fourth-order valence-corrected chi connectivity index (χ4v) is 2.03. The zero-order chi connectivity index (χ0) is 14.7. The van der Waals surface area contributed by atoms with E-state index >= 15 is 0 Å². The summed E-state index contributed by atoms with van der Waals surface area (Å²) in [5.74, 6) is -0.194. The first-order valence-corrected chi connectivity index (χ1v) is 6.49. The Kier molecular flexibility index (Phi) is 3.39. The van der Waals surface area contributed by atoms with Gasteiger partial charge in [-0.1, -0.05) is 18.2 Å². The summed E-state index contributed by atoms with van der Waals surface area (Å²) in [5, 5.41) is 10.6. The Morgan fingerprint density at radius 3 is 2.81 bits per heavy atom. The third kappa shape index (κ3) is 2.92. The Morgan fingerprint density at radius 2 is 2.00 bits per heavy atom. The second-order valence-corrected chi connectivity index (χ2v) is 4.63. The zero-order valence-corrected chi connectivity index (χ0v) is 11.2. The van der Waals surface area contributed by atoms with Gasteiger partial charge in [-0.15, -0.1) is 0 Å². The highest BCUT2D eigenvalue weighted by atomic mass is 16.1. The molecule has 0 radical (unpaired) electrons. The van der Waals surface area contributed by atoms with E-state index in [4.69, 9.17) is 5.73 Å². The maximum atomic E-state index is 12.0. The van der Waals surface area contributed by atoms with Crippen LogP contribution in [0.3, 0.4) is 0 Å². The molecule has 0 aliphatic carbocycles. The van der Waals surface area contributed by atoms with E-state index in [-0.39, 0.29) is 5.91 Å². The smallest absolute Gasteiger partial charge is 0.248 e. The van der Waals surface area contributed by atoms with Gasteiger partial charge in [-0.2, -0.15) is 5.10 Å². The third-order valence-electron chi connectivity index (χ3n) is 3.11. The molecule has 21 heavy (non-hydrogen) atoms. The summed E-state index contributed by atoms with van der Waals surface area (Å²) in [6.07, 6.45) is 4.92. The van der Waals surface area contributed by atoms with Crippen LogP contribution >= 0.6 is 0 Å². The SMILES string of the molecule is Nc1ccc(/C=C/C(=O)Nc2cccc3[nH]ncc23)cc1. The monoisotopic (exact) mass is 278 g/mol. The summed E-state index contributed by atoms with van der Waals surface area (Å²) >= 11 is 0. The van der Waals surface area contributed by atoms with Crippen molar-refractivity contribution in [3.05, 3.63) is 60.3 Å². The lowest BCUT2D eigenvalue weighted by molar-refractivity contribution is -0.111. The minimum atomic E-state index is -0.194. The van der Waals surface area contributed by atoms with Crippen LogP contribution in [0, 0.1) is 0 Å². The Balaban J connectivity index is 1.74. The highest BCUT2D eigenvalue weighted by molar-refractivity contribution is 6.06. The molecule has 0 atom stereocenters. The van der Waals surface area contributed by atoms with Crippen molar-refractivity contribution < 1.29 is 4.79 Å². The molecule has 0 saturated heterocycles. The summed E-state index contributed by atoms with van der Waals surface area (Å²) in [6.45, 7) is 0. The number of hydrogen-bond acceptors (Lipinski definition) is 3. The summed E-state index contributed by atoms with van der Waals surface area (Å²) in [5.41, 5.74) is 8.84. The third-order valence-corrected chi connectivity index (χ3v) is 3.11. The van der Waals surface area contributed by atoms with Gasteiger partial charge in [0.1, 0.15) is 0 Å². The van der Waals surface area contributed by atoms with Gasteiger partial charge in [0.15, 0.2) is 0 Å². The molecule has 2 aromatic carbocycles. The van der Waals surface area contributed by atoms with Crippen molar-refractivity contribution in [3.63, 3.8) is 0 Å². The van der Waals surface area contributed by atoms with E-state index < -0.39 is 0 Å². The van der Waals surface area contributed by atoms with Crippen molar-refractivity contribution in [2.24, 2.45) is 0 Å². The molecule has 4 N–H and O–H groups in total. The lowest BCUT2D eigenvalue weighted by Gasteiger charge is -2.03. The standard InChI is InChI=1S/C16H14N4O/c17-12-7-4-11(5-8-12)6-9-16(21)19-14-2-1-3-15-13(14)10-18-20-15/h1-10H,17H2,(H,18,20)(H,19,21)/b9-6+. The van der Waals surface area contributed by atoms with Crippen LogP contribution in [0.25, 0.3) is 17.0 Å². The number of hydrogen-bond donors (Lipinski definition) is 3. The second-order valence-electron chi connectivity index (χ2n) is 4.63. The van der Waals surface area contributed by atoms with Crippen molar-refractivity contribution in [1.82, 2.24) is 10.2 Å². The van der Waals surface area contributed by atoms with Crippen molar-refractivity contribution >= 4 is 34.3 Å². The molecule has 5 nitrogen and oxygen atoms in total. The molecule has 0 fully saturated rings. The van der Waals surface area contributed by atoms with E-state index in [2.05, 4.69) is 15.5 Å². The highest BCUT2D eigenvalue weighted by Gasteiger charge is 2.04. The lowest BCUT2D eigenvalue weighted by atomic mass is 10.2. The molecule has 0 saturated carbocycles. The van der Waals surface area contributed by atoms with Crippen molar-refractivity contribution in [2.45, 2.75) is 0 Å². The number of benzene rings is 2. The Bertz CT molecular complexity index is 803. The molecule has 3 rings (SSSR count). The quantitative estimate of drug-likeness (QED) is 0.509. The van der Waals surface area contributed by atoms with Crippen LogP contribution in [0.5, 0.6) is 0 Å². The van der Waals surface area contributed by atoms with E-state index in [0.29, 0.717) is 5.69 Å². The van der Waals surface area contributed by atoms with E-state index in [1.807, 2.05) is 30.3 Å². The predicted octanol–water partition coefficient (Wildman–Crippen LogP) is 2.80. The lowest BCUT2D eigenvalue weighted by Crippen LogP contribution is -2.07. The molecule has 1 aromatic heterocycles. The van der Waals surface area contributed by atoms with E-state index in [0.717, 1.165) is 22.2 Å². The number of rotatable bonds is 3. The molecule has 0 aliphatic rings. The van der Waals surface area contributed by atoms with Gasteiger partial charge in [-0.05, 0) is 35.9 Å². The first-order valence-electron chi connectivity index (χ1n) is 6.49. The number of nitrogen functional groups attached to an aromatic ring is 1. The van der Waals surface area contributed by atoms with Crippen molar-refractivity contribution in [2.75, 3.05) is 11.1 Å². The second kappa shape index (κ2) is 5.50. The van der Waals surface area contributed by atoms with Crippen LogP contribution < -0.4 is 11.1 Å². The van der Waals surface area contributed by atoms with Crippen LogP contribution in [-0.2, 0) is 4.79 Å². The molecule has 3 aromatic rings. The molecule has 5 heteroatoms. The zero-order valence-electron chi connectivity index (χ0n) is 11.2. The number of carbonyl (C=O) groups is 1. The largest absolute Gasteiger partial charge is 0.399 e. The van der Waals surface area contributed by atoms with Crippen molar-refractivity contribution in [3.8, 4) is 0 Å². The molecule has 0 unspecified atom stereocenters. The number of anilines is 2. The molecule has 104 valence electrons. The summed E-state index contributed by atoms with van der Waals surface area (Å²) < 4.78 is 0. The number of amides is 1. The predicted molar refractivity (Wildman–Crippen MR) is 84.6 cm³/mol. The van der Waals surface area contributed by atoms with E-state index in [9.17, 15) is 4.79 Å². The molecule has 1 amide bonds. The number of aromatic nitrogens is 2. The fourth-order valence-electron chi connectivity index (χ4n) is 2.03.